The molecule has 114 valence electrons. The Morgan fingerprint density at radius 3 is 2.95 bits per heavy atom. The molecule has 1 aromatic heterocycles. The zero-order valence-electron chi connectivity index (χ0n) is 12.5. The molecule has 0 unspecified atom stereocenters. The van der Waals surface area contributed by atoms with Gasteiger partial charge in [-0.05, 0) is 35.7 Å². The van der Waals surface area contributed by atoms with Gasteiger partial charge in [-0.2, -0.15) is 0 Å². The molecule has 1 N–H and O–H groups in total. The van der Waals surface area contributed by atoms with E-state index in [1.54, 1.807) is 24.3 Å². The van der Waals surface area contributed by atoms with Gasteiger partial charge in [-0.1, -0.05) is 12.1 Å². The van der Waals surface area contributed by atoms with Crippen molar-refractivity contribution in [3.8, 4) is 0 Å². The molecule has 0 bridgehead atoms. The van der Waals surface area contributed by atoms with E-state index in [-0.39, 0.29) is 11.8 Å². The maximum absolute atomic E-state index is 12.0. The molecule has 0 radical (unpaired) electrons. The molecule has 22 heavy (non-hydrogen) atoms. The van der Waals surface area contributed by atoms with Crippen LogP contribution in [0.15, 0.2) is 41.0 Å². The van der Waals surface area contributed by atoms with Crippen LogP contribution in [0.1, 0.15) is 23.3 Å². The summed E-state index contributed by atoms with van der Waals surface area (Å²) in [4.78, 5) is 25.3. The van der Waals surface area contributed by atoms with E-state index >= 15 is 0 Å². The first-order chi connectivity index (χ1) is 10.6. The van der Waals surface area contributed by atoms with E-state index in [0.29, 0.717) is 19.4 Å². The van der Waals surface area contributed by atoms with Crippen LogP contribution in [-0.4, -0.2) is 18.9 Å². The average Bonchev–Trinajstić information content (AvgIpc) is 3.02. The Morgan fingerprint density at radius 1 is 1.32 bits per heavy atom. The molecule has 5 heteroatoms. The van der Waals surface area contributed by atoms with E-state index in [4.69, 9.17) is 4.42 Å². The van der Waals surface area contributed by atoms with Gasteiger partial charge in [0.2, 0.25) is 11.8 Å². The van der Waals surface area contributed by atoms with Crippen molar-refractivity contribution in [2.75, 3.05) is 11.9 Å². The van der Waals surface area contributed by atoms with Gasteiger partial charge in [0, 0.05) is 19.2 Å². The third kappa shape index (κ3) is 3.03. The summed E-state index contributed by atoms with van der Waals surface area (Å²) in [7, 11) is 1.79. The zero-order valence-corrected chi connectivity index (χ0v) is 12.5. The second kappa shape index (κ2) is 6.05. The Bertz CT molecular complexity index is 692. The number of fused-ring (bicyclic) bond motifs is 1. The Labute approximate surface area is 128 Å². The second-order valence-corrected chi connectivity index (χ2v) is 5.45. The Morgan fingerprint density at radius 2 is 2.18 bits per heavy atom. The lowest BCUT2D eigenvalue weighted by Gasteiger charge is -2.26. The van der Waals surface area contributed by atoms with Crippen LogP contribution in [0.5, 0.6) is 0 Å². The maximum atomic E-state index is 12.0. The highest BCUT2D eigenvalue weighted by atomic mass is 16.3. The van der Waals surface area contributed by atoms with E-state index in [1.807, 2.05) is 24.3 Å². The summed E-state index contributed by atoms with van der Waals surface area (Å²) in [5.74, 6) is 0.826. The first-order valence-corrected chi connectivity index (χ1v) is 7.31. The fraction of sp³-hybridized carbons (Fsp3) is 0.294. The number of nitrogens with one attached hydrogen (secondary N) is 1. The van der Waals surface area contributed by atoms with Crippen LogP contribution < -0.4 is 10.2 Å². The minimum atomic E-state index is -0.0448. The molecule has 0 saturated heterocycles. The Balaban J connectivity index is 1.63. The van der Waals surface area contributed by atoms with Crippen LogP contribution in [0.4, 0.5) is 5.69 Å². The number of hydrogen-bond donors (Lipinski definition) is 1. The number of furan rings is 1. The van der Waals surface area contributed by atoms with E-state index < -0.39 is 0 Å². The average molecular weight is 298 g/mol. The topological polar surface area (TPSA) is 62.6 Å². The molecule has 0 atom stereocenters. The maximum Gasteiger partial charge on any atom is 0.227 e. The summed E-state index contributed by atoms with van der Waals surface area (Å²) >= 11 is 0. The standard InChI is InChI=1S/C17H18N2O3/c1-19-15-6-4-12(9-13(15)5-7-17(19)21)10-16(20)18-11-14-3-2-8-22-14/h2-4,6,8-9H,5,7,10-11H2,1H3,(H,18,20). The van der Waals surface area contributed by atoms with Gasteiger partial charge in [0.1, 0.15) is 5.76 Å². The third-order valence-electron chi connectivity index (χ3n) is 3.89. The van der Waals surface area contributed by atoms with Crippen LogP contribution in [0.2, 0.25) is 0 Å². The minimum absolute atomic E-state index is 0.0448. The number of aryl methyl sites for hydroxylation is 1. The lowest BCUT2D eigenvalue weighted by atomic mass is 9.98. The van der Waals surface area contributed by atoms with Gasteiger partial charge in [-0.3, -0.25) is 9.59 Å². The summed E-state index contributed by atoms with van der Waals surface area (Å²) in [6.07, 6.45) is 3.17. The minimum Gasteiger partial charge on any atom is -0.467 e. The second-order valence-electron chi connectivity index (χ2n) is 5.45. The van der Waals surface area contributed by atoms with Crippen molar-refractivity contribution in [3.63, 3.8) is 0 Å². The molecule has 2 aromatic rings. The quantitative estimate of drug-likeness (QED) is 0.939. The summed E-state index contributed by atoms with van der Waals surface area (Å²) in [5, 5.41) is 2.83. The van der Waals surface area contributed by atoms with Gasteiger partial charge in [0.15, 0.2) is 0 Å². The predicted molar refractivity (Wildman–Crippen MR) is 82.4 cm³/mol. The molecular weight excluding hydrogens is 280 g/mol. The van der Waals surface area contributed by atoms with Gasteiger partial charge in [0.25, 0.3) is 0 Å². The number of nitrogens with zero attached hydrogens (tertiary/aromatic N) is 1. The van der Waals surface area contributed by atoms with Crippen LogP contribution >= 0.6 is 0 Å². The molecule has 0 spiro atoms. The number of carbonyl (C=O) groups is 2. The van der Waals surface area contributed by atoms with Crippen molar-refractivity contribution in [1.29, 1.82) is 0 Å². The third-order valence-corrected chi connectivity index (χ3v) is 3.89. The highest BCUT2D eigenvalue weighted by Gasteiger charge is 2.21. The smallest absolute Gasteiger partial charge is 0.227 e. The lowest BCUT2D eigenvalue weighted by Crippen LogP contribution is -2.31. The Kier molecular flexibility index (Phi) is 3.96. The van der Waals surface area contributed by atoms with Crippen LogP contribution in [0.3, 0.4) is 0 Å². The monoisotopic (exact) mass is 298 g/mol. The predicted octanol–water partition coefficient (Wildman–Crippen LogP) is 2.05. The van der Waals surface area contributed by atoms with Crippen LogP contribution in [0, 0.1) is 0 Å². The molecule has 1 aromatic carbocycles. The molecular formula is C17H18N2O3. The van der Waals surface area contributed by atoms with Crippen LogP contribution in [0.25, 0.3) is 0 Å². The largest absolute Gasteiger partial charge is 0.467 e. The molecule has 3 rings (SSSR count). The number of carbonyl (C=O) groups excluding carboxylic acids is 2. The van der Waals surface area contributed by atoms with Crippen LogP contribution in [-0.2, 0) is 29.0 Å². The molecule has 0 aliphatic carbocycles. The zero-order chi connectivity index (χ0) is 15.5. The van der Waals surface area contributed by atoms with Crippen molar-refractivity contribution in [3.05, 3.63) is 53.5 Å². The van der Waals surface area contributed by atoms with Crippen molar-refractivity contribution < 1.29 is 14.0 Å². The summed E-state index contributed by atoms with van der Waals surface area (Å²) < 4.78 is 5.18. The normalized spacial score (nSPS) is 13.9. The van der Waals surface area contributed by atoms with E-state index in [2.05, 4.69) is 5.32 Å². The first kappa shape index (κ1) is 14.4. The fourth-order valence-corrected chi connectivity index (χ4v) is 2.67. The number of hydrogen-bond acceptors (Lipinski definition) is 3. The number of anilines is 1. The summed E-state index contributed by atoms with van der Waals surface area (Å²) in [6, 6.07) is 9.46. The Hall–Kier alpha value is -2.56. The highest BCUT2D eigenvalue weighted by Crippen LogP contribution is 2.27. The van der Waals surface area contributed by atoms with Crippen molar-refractivity contribution in [2.45, 2.75) is 25.8 Å². The van der Waals surface area contributed by atoms with Gasteiger partial charge >= 0.3 is 0 Å². The van der Waals surface area contributed by atoms with Gasteiger partial charge < -0.3 is 14.6 Å². The molecule has 1 aliphatic rings. The summed E-state index contributed by atoms with van der Waals surface area (Å²) in [5.41, 5.74) is 3.02. The van der Waals surface area contributed by atoms with Crippen molar-refractivity contribution in [1.82, 2.24) is 5.32 Å². The summed E-state index contributed by atoms with van der Waals surface area (Å²) in [6.45, 7) is 0.397. The van der Waals surface area contributed by atoms with E-state index in [0.717, 1.165) is 29.0 Å². The SMILES string of the molecule is CN1C(=O)CCc2cc(CC(=O)NCc3ccco3)ccc21. The number of rotatable bonds is 4. The molecule has 0 fully saturated rings. The fourth-order valence-electron chi connectivity index (χ4n) is 2.67. The number of amides is 2. The van der Waals surface area contributed by atoms with Gasteiger partial charge in [-0.25, -0.2) is 0 Å². The molecule has 2 amide bonds. The van der Waals surface area contributed by atoms with E-state index in [1.165, 1.54) is 0 Å². The highest BCUT2D eigenvalue weighted by molar-refractivity contribution is 5.96. The number of benzene rings is 1. The lowest BCUT2D eigenvalue weighted by molar-refractivity contribution is -0.121. The molecule has 5 nitrogen and oxygen atoms in total. The van der Waals surface area contributed by atoms with Crippen molar-refractivity contribution in [2.24, 2.45) is 0 Å². The molecule has 2 heterocycles. The molecule has 0 saturated carbocycles. The van der Waals surface area contributed by atoms with Gasteiger partial charge in [-0.15, -0.1) is 0 Å². The first-order valence-electron chi connectivity index (χ1n) is 7.31. The van der Waals surface area contributed by atoms with E-state index in [9.17, 15) is 9.59 Å². The van der Waals surface area contributed by atoms with Gasteiger partial charge in [0.05, 0.1) is 19.2 Å². The van der Waals surface area contributed by atoms with Crippen molar-refractivity contribution >= 4 is 17.5 Å². The molecule has 1 aliphatic heterocycles.